The molecule has 1 saturated heterocycles. The third-order valence-electron chi connectivity index (χ3n) is 3.55. The molecule has 0 aromatic rings. The molecule has 3 rings (SSSR count). The SMILES string of the molecule is C=CC12C=CC(=O)C(CC13C=COC3=O)O2. The first-order chi connectivity index (χ1) is 7.63. The minimum absolute atomic E-state index is 0.109. The highest BCUT2D eigenvalue weighted by Crippen LogP contribution is 2.54. The molecule has 0 radical (unpaired) electrons. The van der Waals surface area contributed by atoms with Crippen LogP contribution < -0.4 is 0 Å². The van der Waals surface area contributed by atoms with Crippen molar-refractivity contribution in [3.8, 4) is 0 Å². The molecule has 4 heteroatoms. The van der Waals surface area contributed by atoms with Gasteiger partial charge in [0.2, 0.25) is 0 Å². The predicted octanol–water partition coefficient (Wildman–Crippen LogP) is 0.896. The van der Waals surface area contributed by atoms with Gasteiger partial charge in [-0.3, -0.25) is 9.59 Å². The standard InChI is InChI=1S/C12H10O4/c1-2-12-4-3-8(13)9(16-12)7-11(12)5-6-15-10(11)14/h2-6,9H,1,7H2. The fourth-order valence-electron chi connectivity index (χ4n) is 2.62. The molecule has 4 nitrogen and oxygen atoms in total. The second kappa shape index (κ2) is 2.71. The Bertz CT molecular complexity index is 462. The van der Waals surface area contributed by atoms with Crippen LogP contribution in [0.5, 0.6) is 0 Å². The first-order valence-electron chi connectivity index (χ1n) is 5.07. The summed E-state index contributed by atoms with van der Waals surface area (Å²) < 4.78 is 10.5. The topological polar surface area (TPSA) is 52.6 Å². The van der Waals surface area contributed by atoms with E-state index in [0.29, 0.717) is 6.42 Å². The van der Waals surface area contributed by atoms with Crippen molar-refractivity contribution >= 4 is 11.8 Å². The molecule has 0 aromatic heterocycles. The molecule has 1 fully saturated rings. The van der Waals surface area contributed by atoms with Gasteiger partial charge >= 0.3 is 5.97 Å². The molecule has 3 aliphatic heterocycles. The first-order valence-corrected chi connectivity index (χ1v) is 5.07. The van der Waals surface area contributed by atoms with Gasteiger partial charge in [-0.1, -0.05) is 12.7 Å². The number of esters is 1. The van der Waals surface area contributed by atoms with Gasteiger partial charge in [0.25, 0.3) is 0 Å². The van der Waals surface area contributed by atoms with E-state index >= 15 is 0 Å². The van der Waals surface area contributed by atoms with Crippen LogP contribution in [0.2, 0.25) is 0 Å². The van der Waals surface area contributed by atoms with E-state index in [1.54, 1.807) is 18.2 Å². The number of hydrogen-bond acceptors (Lipinski definition) is 4. The molecular weight excluding hydrogens is 208 g/mol. The van der Waals surface area contributed by atoms with Crippen molar-refractivity contribution in [2.45, 2.75) is 18.1 Å². The Morgan fingerprint density at radius 3 is 2.88 bits per heavy atom. The summed E-state index contributed by atoms with van der Waals surface area (Å²) in [4.78, 5) is 23.4. The van der Waals surface area contributed by atoms with Gasteiger partial charge in [-0.2, -0.15) is 0 Å². The van der Waals surface area contributed by atoms with Crippen LogP contribution >= 0.6 is 0 Å². The van der Waals surface area contributed by atoms with Gasteiger partial charge in [-0.05, 0) is 18.2 Å². The number of fused-ring (bicyclic) bond motifs is 3. The molecular formula is C12H10O4. The maximum atomic E-state index is 11.9. The van der Waals surface area contributed by atoms with E-state index in [0.717, 1.165) is 0 Å². The molecule has 3 atom stereocenters. The Morgan fingerprint density at radius 2 is 2.25 bits per heavy atom. The van der Waals surface area contributed by atoms with Gasteiger partial charge in [-0.15, -0.1) is 0 Å². The highest BCUT2D eigenvalue weighted by molar-refractivity contribution is 5.98. The van der Waals surface area contributed by atoms with Gasteiger partial charge in [0, 0.05) is 6.42 Å². The second-order valence-corrected chi connectivity index (χ2v) is 4.22. The lowest BCUT2D eigenvalue weighted by atomic mass is 9.72. The molecule has 0 saturated carbocycles. The number of rotatable bonds is 1. The third kappa shape index (κ3) is 0.841. The van der Waals surface area contributed by atoms with Crippen LogP contribution in [0.1, 0.15) is 6.42 Å². The molecule has 2 bridgehead atoms. The molecule has 16 heavy (non-hydrogen) atoms. The third-order valence-corrected chi connectivity index (χ3v) is 3.55. The first kappa shape index (κ1) is 9.54. The number of ether oxygens (including phenoxy) is 2. The molecule has 0 amide bonds. The number of carbonyl (C=O) groups is 2. The average molecular weight is 218 g/mol. The summed E-state index contributed by atoms with van der Waals surface area (Å²) in [6, 6.07) is 0. The van der Waals surface area contributed by atoms with Gasteiger partial charge in [0.15, 0.2) is 5.78 Å². The molecule has 3 heterocycles. The Kier molecular flexibility index (Phi) is 1.61. The minimum atomic E-state index is -0.935. The van der Waals surface area contributed by atoms with Crippen molar-refractivity contribution in [3.63, 3.8) is 0 Å². The van der Waals surface area contributed by atoms with Crippen LogP contribution in [0.3, 0.4) is 0 Å². The zero-order chi connectivity index (χ0) is 11.4. The van der Waals surface area contributed by atoms with E-state index in [4.69, 9.17) is 9.47 Å². The average Bonchev–Trinajstić information content (AvgIpc) is 2.78. The van der Waals surface area contributed by atoms with E-state index in [1.807, 2.05) is 0 Å². The lowest BCUT2D eigenvalue weighted by Crippen LogP contribution is -2.45. The zero-order valence-electron chi connectivity index (χ0n) is 8.51. The van der Waals surface area contributed by atoms with Crippen LogP contribution in [-0.2, 0) is 19.1 Å². The zero-order valence-corrected chi connectivity index (χ0v) is 8.51. The molecule has 0 N–H and O–H groups in total. The van der Waals surface area contributed by atoms with E-state index in [1.165, 1.54) is 12.3 Å². The quantitative estimate of drug-likeness (QED) is 0.484. The van der Waals surface area contributed by atoms with Crippen molar-refractivity contribution in [1.82, 2.24) is 0 Å². The van der Waals surface area contributed by atoms with Crippen molar-refractivity contribution < 1.29 is 19.1 Å². The highest BCUT2D eigenvalue weighted by atomic mass is 16.6. The van der Waals surface area contributed by atoms with E-state index in [2.05, 4.69) is 6.58 Å². The molecule has 3 unspecified atom stereocenters. The van der Waals surface area contributed by atoms with Crippen LogP contribution in [0.4, 0.5) is 0 Å². The Morgan fingerprint density at radius 1 is 1.44 bits per heavy atom. The summed E-state index contributed by atoms with van der Waals surface area (Å²) >= 11 is 0. The molecule has 82 valence electrons. The van der Waals surface area contributed by atoms with E-state index in [-0.39, 0.29) is 11.8 Å². The van der Waals surface area contributed by atoms with Crippen molar-refractivity contribution in [2.75, 3.05) is 0 Å². The molecule has 0 aromatic carbocycles. The summed E-state index contributed by atoms with van der Waals surface area (Å²) in [6.07, 6.45) is 7.40. The Labute approximate surface area is 92.2 Å². The van der Waals surface area contributed by atoms with Crippen LogP contribution in [0.25, 0.3) is 0 Å². The van der Waals surface area contributed by atoms with Crippen molar-refractivity contribution in [3.05, 3.63) is 37.1 Å². The van der Waals surface area contributed by atoms with Gasteiger partial charge in [0.1, 0.15) is 17.1 Å². The predicted molar refractivity (Wildman–Crippen MR) is 54.2 cm³/mol. The van der Waals surface area contributed by atoms with E-state index in [9.17, 15) is 9.59 Å². The molecule has 1 spiro atoms. The summed E-state index contributed by atoms with van der Waals surface area (Å²) in [6.45, 7) is 3.70. The summed E-state index contributed by atoms with van der Waals surface area (Å²) in [5.41, 5.74) is -1.85. The van der Waals surface area contributed by atoms with E-state index < -0.39 is 17.1 Å². The summed E-state index contributed by atoms with van der Waals surface area (Å²) in [5.74, 6) is -0.489. The monoisotopic (exact) mass is 218 g/mol. The Hall–Kier alpha value is -1.68. The maximum Gasteiger partial charge on any atom is 0.324 e. The number of ketones is 1. The largest absolute Gasteiger partial charge is 0.434 e. The van der Waals surface area contributed by atoms with Gasteiger partial charge in [0.05, 0.1) is 6.26 Å². The number of carbonyl (C=O) groups excluding carboxylic acids is 2. The van der Waals surface area contributed by atoms with Crippen molar-refractivity contribution in [1.29, 1.82) is 0 Å². The lowest BCUT2D eigenvalue weighted by Gasteiger charge is -2.33. The Balaban J connectivity index is 2.20. The lowest BCUT2D eigenvalue weighted by molar-refractivity contribution is -0.149. The maximum absolute atomic E-state index is 11.9. The fourth-order valence-corrected chi connectivity index (χ4v) is 2.62. The van der Waals surface area contributed by atoms with Crippen LogP contribution in [0, 0.1) is 5.41 Å². The van der Waals surface area contributed by atoms with Crippen molar-refractivity contribution in [2.24, 2.45) is 5.41 Å². The highest BCUT2D eigenvalue weighted by Gasteiger charge is 2.65. The minimum Gasteiger partial charge on any atom is -0.434 e. The van der Waals surface area contributed by atoms with Crippen LogP contribution in [-0.4, -0.2) is 23.5 Å². The number of hydrogen-bond donors (Lipinski definition) is 0. The molecule has 3 aliphatic rings. The normalized spacial score (nSPS) is 44.1. The fraction of sp³-hybridized carbons (Fsp3) is 0.333. The number of cyclic esters (lactones) is 1. The molecule has 0 aliphatic carbocycles. The summed E-state index contributed by atoms with van der Waals surface area (Å²) in [5, 5.41) is 0. The van der Waals surface area contributed by atoms with Crippen LogP contribution in [0.15, 0.2) is 37.1 Å². The summed E-state index contributed by atoms with van der Waals surface area (Å²) in [7, 11) is 0. The van der Waals surface area contributed by atoms with Gasteiger partial charge in [-0.25, -0.2) is 0 Å². The van der Waals surface area contributed by atoms with Gasteiger partial charge < -0.3 is 9.47 Å². The second-order valence-electron chi connectivity index (χ2n) is 4.22. The smallest absolute Gasteiger partial charge is 0.324 e.